The maximum absolute atomic E-state index is 12.0. The Morgan fingerprint density at radius 3 is 2.66 bits per heavy atom. The lowest BCUT2D eigenvalue weighted by molar-refractivity contribution is -0.144. The molecule has 0 aliphatic carbocycles. The monoisotopic (exact) mass is 413 g/mol. The smallest absolute Gasteiger partial charge is 0.316 e. The minimum atomic E-state index is -0.619. The number of nitriles is 1. The molecule has 2 N–H and O–H groups in total. The number of hydrogen-bond donors (Lipinski definition) is 2. The quantitative estimate of drug-likeness (QED) is 0.482. The Morgan fingerprint density at radius 1 is 1.28 bits per heavy atom. The second-order valence-corrected chi connectivity index (χ2v) is 7.42. The van der Waals surface area contributed by atoms with Crippen molar-refractivity contribution in [1.29, 1.82) is 5.26 Å². The van der Waals surface area contributed by atoms with Gasteiger partial charge in [0.2, 0.25) is 5.56 Å². The third-order valence-corrected chi connectivity index (χ3v) is 5.05. The molecule has 1 aromatic heterocycles. The lowest BCUT2D eigenvalue weighted by Gasteiger charge is -2.08. The van der Waals surface area contributed by atoms with Crippen LogP contribution in [0.1, 0.15) is 36.5 Å². The number of carbonyl (C=O) groups excluding carboxylic acids is 2. The van der Waals surface area contributed by atoms with Gasteiger partial charge in [-0.1, -0.05) is 37.2 Å². The molecule has 0 unspecified atom stereocenters. The maximum atomic E-state index is 12.0. The number of unbranched alkanes of at least 4 members (excludes halogenated alkanes) is 1. The molecule has 0 radical (unpaired) electrons. The number of benzene rings is 1. The van der Waals surface area contributed by atoms with Gasteiger partial charge in [0.25, 0.3) is 5.91 Å². The van der Waals surface area contributed by atoms with Gasteiger partial charge in [0.05, 0.1) is 16.3 Å². The summed E-state index contributed by atoms with van der Waals surface area (Å²) in [5.74, 6) is -1.19. The first-order valence-electron chi connectivity index (χ1n) is 9.24. The van der Waals surface area contributed by atoms with Gasteiger partial charge in [-0.05, 0) is 43.0 Å². The van der Waals surface area contributed by atoms with Crippen LogP contribution in [0.3, 0.4) is 0 Å². The third-order valence-electron chi connectivity index (χ3n) is 4.07. The van der Waals surface area contributed by atoms with Crippen molar-refractivity contribution in [2.75, 3.05) is 17.7 Å². The molecule has 0 fully saturated rings. The molecule has 1 heterocycles. The van der Waals surface area contributed by atoms with Gasteiger partial charge in [-0.3, -0.25) is 14.4 Å². The maximum Gasteiger partial charge on any atom is 0.316 e. The van der Waals surface area contributed by atoms with Gasteiger partial charge in [0, 0.05) is 11.8 Å². The highest BCUT2D eigenvalue weighted by Crippen LogP contribution is 2.20. The summed E-state index contributed by atoms with van der Waals surface area (Å²) >= 11 is 0.987. The molecular formula is C21H23N3O4S. The molecule has 0 saturated heterocycles. The molecule has 0 bridgehead atoms. The highest BCUT2D eigenvalue weighted by Gasteiger charge is 2.13. The van der Waals surface area contributed by atoms with Crippen LogP contribution in [0, 0.1) is 18.3 Å². The summed E-state index contributed by atoms with van der Waals surface area (Å²) in [6.45, 7) is 3.38. The standard InChI is InChI=1S/C21H23N3O4S/c1-3-4-5-15-6-8-16(9-7-15)23-19(26)12-28-20(27)13-29-21-17(11-22)14(2)10-18(25)24-21/h6-10H,3-5,12-13H2,1-2H3,(H,23,26)(H,24,25). The molecule has 2 aromatic rings. The second-order valence-electron chi connectivity index (χ2n) is 6.43. The van der Waals surface area contributed by atoms with Crippen LogP contribution in [-0.4, -0.2) is 29.2 Å². The molecule has 0 atom stereocenters. The number of rotatable bonds is 9. The number of aryl methyl sites for hydroxylation is 2. The Bertz CT molecular complexity index is 961. The van der Waals surface area contributed by atoms with Crippen LogP contribution >= 0.6 is 11.8 Å². The minimum absolute atomic E-state index is 0.131. The van der Waals surface area contributed by atoms with E-state index >= 15 is 0 Å². The highest BCUT2D eigenvalue weighted by atomic mass is 32.2. The third kappa shape index (κ3) is 7.12. The van der Waals surface area contributed by atoms with Crippen molar-refractivity contribution >= 4 is 29.3 Å². The van der Waals surface area contributed by atoms with Crippen molar-refractivity contribution < 1.29 is 14.3 Å². The molecule has 0 saturated carbocycles. The van der Waals surface area contributed by atoms with Crippen molar-refractivity contribution in [2.24, 2.45) is 0 Å². The summed E-state index contributed by atoms with van der Waals surface area (Å²) in [7, 11) is 0. The molecule has 0 spiro atoms. The first kappa shape index (κ1) is 22.2. The number of nitrogens with zero attached hydrogens (tertiary/aromatic N) is 1. The Hall–Kier alpha value is -3.05. The number of thioether (sulfide) groups is 1. The lowest BCUT2D eigenvalue weighted by atomic mass is 10.1. The summed E-state index contributed by atoms with van der Waals surface area (Å²) < 4.78 is 4.96. The molecule has 2 rings (SSSR count). The fourth-order valence-corrected chi connectivity index (χ4v) is 3.43. The van der Waals surface area contributed by atoms with Crippen LogP contribution < -0.4 is 10.9 Å². The number of pyridine rings is 1. The average molecular weight is 413 g/mol. The van der Waals surface area contributed by atoms with E-state index in [0.29, 0.717) is 21.8 Å². The predicted octanol–water partition coefficient (Wildman–Crippen LogP) is 3.17. The number of hydrogen-bond acceptors (Lipinski definition) is 6. The summed E-state index contributed by atoms with van der Waals surface area (Å²) in [5, 5.41) is 12.2. The van der Waals surface area contributed by atoms with E-state index in [4.69, 9.17) is 4.74 Å². The zero-order valence-corrected chi connectivity index (χ0v) is 17.2. The number of anilines is 1. The van der Waals surface area contributed by atoms with E-state index in [2.05, 4.69) is 17.2 Å². The van der Waals surface area contributed by atoms with E-state index in [0.717, 1.165) is 31.0 Å². The van der Waals surface area contributed by atoms with E-state index in [-0.39, 0.29) is 11.3 Å². The molecule has 7 nitrogen and oxygen atoms in total. The summed E-state index contributed by atoms with van der Waals surface area (Å²) in [5.41, 5.74) is 2.34. The molecule has 1 aromatic carbocycles. The Balaban J connectivity index is 1.80. The minimum Gasteiger partial charge on any atom is -0.455 e. The topological polar surface area (TPSA) is 112 Å². The molecule has 1 amide bonds. The summed E-state index contributed by atoms with van der Waals surface area (Å²) in [6, 6.07) is 10.9. The first-order valence-corrected chi connectivity index (χ1v) is 10.2. The average Bonchev–Trinajstić information content (AvgIpc) is 2.70. The van der Waals surface area contributed by atoms with E-state index in [1.807, 2.05) is 30.3 Å². The van der Waals surface area contributed by atoms with Crippen molar-refractivity contribution in [3.05, 3.63) is 57.4 Å². The van der Waals surface area contributed by atoms with Gasteiger partial charge < -0.3 is 15.0 Å². The van der Waals surface area contributed by atoms with Crippen LogP contribution in [0.2, 0.25) is 0 Å². The van der Waals surface area contributed by atoms with Gasteiger partial charge in [0.15, 0.2) is 6.61 Å². The lowest BCUT2D eigenvalue weighted by Crippen LogP contribution is -2.21. The highest BCUT2D eigenvalue weighted by molar-refractivity contribution is 7.99. The molecule has 29 heavy (non-hydrogen) atoms. The van der Waals surface area contributed by atoms with Crippen molar-refractivity contribution in [1.82, 2.24) is 4.98 Å². The van der Waals surface area contributed by atoms with E-state index in [1.165, 1.54) is 11.6 Å². The molecular weight excluding hydrogens is 390 g/mol. The number of esters is 1. The zero-order valence-electron chi connectivity index (χ0n) is 16.4. The van der Waals surface area contributed by atoms with Gasteiger partial charge in [-0.2, -0.15) is 5.26 Å². The van der Waals surface area contributed by atoms with Crippen LogP contribution in [0.4, 0.5) is 5.69 Å². The number of aromatic amines is 1. The fourth-order valence-electron chi connectivity index (χ4n) is 2.56. The van der Waals surface area contributed by atoms with Gasteiger partial charge in [-0.15, -0.1) is 0 Å². The SMILES string of the molecule is CCCCc1ccc(NC(=O)COC(=O)CSc2[nH]c(=O)cc(C)c2C#N)cc1. The Morgan fingerprint density at radius 2 is 2.00 bits per heavy atom. The Kier molecular flexibility index (Phi) is 8.49. The first-order chi connectivity index (χ1) is 13.9. The second kappa shape index (κ2) is 11.1. The largest absolute Gasteiger partial charge is 0.455 e. The fraction of sp³-hybridized carbons (Fsp3) is 0.333. The molecule has 0 aliphatic rings. The molecule has 152 valence electrons. The van der Waals surface area contributed by atoms with Crippen LogP contribution in [0.15, 0.2) is 40.2 Å². The number of ether oxygens (including phenoxy) is 1. The normalized spacial score (nSPS) is 10.2. The summed E-state index contributed by atoms with van der Waals surface area (Å²) in [6.07, 6.45) is 3.24. The number of nitrogens with one attached hydrogen (secondary N) is 2. The van der Waals surface area contributed by atoms with Gasteiger partial charge >= 0.3 is 5.97 Å². The number of carbonyl (C=O) groups is 2. The Labute approximate surface area is 173 Å². The van der Waals surface area contributed by atoms with Crippen molar-refractivity contribution in [2.45, 2.75) is 38.1 Å². The molecule has 8 heteroatoms. The van der Waals surface area contributed by atoms with E-state index in [1.54, 1.807) is 6.92 Å². The van der Waals surface area contributed by atoms with Crippen molar-refractivity contribution in [3.63, 3.8) is 0 Å². The predicted molar refractivity (Wildman–Crippen MR) is 112 cm³/mol. The number of H-pyrrole nitrogens is 1. The van der Waals surface area contributed by atoms with Gasteiger partial charge in [0.1, 0.15) is 6.07 Å². The number of amides is 1. The van der Waals surface area contributed by atoms with E-state index in [9.17, 15) is 19.6 Å². The number of aromatic nitrogens is 1. The van der Waals surface area contributed by atoms with Crippen molar-refractivity contribution in [3.8, 4) is 6.07 Å². The van der Waals surface area contributed by atoms with Crippen LogP contribution in [0.25, 0.3) is 0 Å². The summed E-state index contributed by atoms with van der Waals surface area (Å²) in [4.78, 5) is 37.9. The zero-order chi connectivity index (χ0) is 21.2. The van der Waals surface area contributed by atoms with E-state index < -0.39 is 18.5 Å². The van der Waals surface area contributed by atoms with Gasteiger partial charge in [-0.25, -0.2) is 0 Å². The molecule has 0 aliphatic heterocycles. The van der Waals surface area contributed by atoms with Crippen LogP contribution in [-0.2, 0) is 20.7 Å². The van der Waals surface area contributed by atoms with Crippen LogP contribution in [0.5, 0.6) is 0 Å².